The smallest absolute Gasteiger partial charge is 0.0697 e. The third kappa shape index (κ3) is 12.9. The maximum Gasteiger partial charge on any atom is 0.0697 e. The highest BCUT2D eigenvalue weighted by Crippen LogP contribution is 2.17. The van der Waals surface area contributed by atoms with Gasteiger partial charge < -0.3 is 5.11 Å². The molecule has 0 aromatic rings. The number of aliphatic hydroxyl groups is 1. The molecule has 0 aromatic heterocycles. The Labute approximate surface area is 98.6 Å². The lowest BCUT2D eigenvalue weighted by Gasteiger charge is -2.02. The van der Waals surface area contributed by atoms with Gasteiger partial charge >= 0.3 is 0 Å². The van der Waals surface area contributed by atoms with Crippen LogP contribution in [-0.2, 0) is 0 Å². The molecule has 0 aliphatic carbocycles. The second kappa shape index (κ2) is 11.0. The SMILES string of the molecule is OCCCCCCCCCC(Br)Br. The standard InChI is InChI=1S/C10H20Br2O/c11-10(12)8-6-4-2-1-3-5-7-9-13/h10,13H,1-9H2. The molecular formula is C10H20Br2O. The van der Waals surface area contributed by atoms with Crippen molar-refractivity contribution in [1.82, 2.24) is 0 Å². The third-order valence-corrected chi connectivity index (χ3v) is 3.00. The van der Waals surface area contributed by atoms with E-state index in [1.165, 1.54) is 44.9 Å². The molecule has 0 amide bonds. The lowest BCUT2D eigenvalue weighted by molar-refractivity contribution is 0.282. The van der Waals surface area contributed by atoms with Gasteiger partial charge in [0.15, 0.2) is 0 Å². The fourth-order valence-corrected chi connectivity index (χ4v) is 1.94. The summed E-state index contributed by atoms with van der Waals surface area (Å²) in [7, 11) is 0. The number of halogens is 2. The van der Waals surface area contributed by atoms with Gasteiger partial charge in [0.2, 0.25) is 0 Å². The first-order valence-corrected chi connectivity index (χ1v) is 6.99. The van der Waals surface area contributed by atoms with E-state index in [1.54, 1.807) is 0 Å². The van der Waals surface area contributed by atoms with Crippen molar-refractivity contribution in [3.63, 3.8) is 0 Å². The van der Waals surface area contributed by atoms with Crippen LogP contribution in [0.15, 0.2) is 0 Å². The van der Waals surface area contributed by atoms with Gasteiger partial charge in [-0.25, -0.2) is 0 Å². The Morgan fingerprint density at radius 3 is 1.69 bits per heavy atom. The van der Waals surface area contributed by atoms with E-state index in [2.05, 4.69) is 31.9 Å². The van der Waals surface area contributed by atoms with E-state index in [9.17, 15) is 0 Å². The van der Waals surface area contributed by atoms with E-state index < -0.39 is 0 Å². The largest absolute Gasteiger partial charge is 0.396 e. The molecule has 0 unspecified atom stereocenters. The Bertz CT molecular complexity index is 96.9. The van der Waals surface area contributed by atoms with Gasteiger partial charge in [0.25, 0.3) is 0 Å². The normalized spacial score (nSPS) is 11.1. The minimum atomic E-state index is 0.356. The summed E-state index contributed by atoms with van der Waals surface area (Å²) in [6.07, 6.45) is 9.99. The van der Waals surface area contributed by atoms with Crippen molar-refractivity contribution in [1.29, 1.82) is 0 Å². The van der Waals surface area contributed by atoms with Gasteiger partial charge in [-0.2, -0.15) is 0 Å². The molecule has 0 aliphatic rings. The van der Waals surface area contributed by atoms with E-state index in [4.69, 9.17) is 5.11 Å². The molecular weight excluding hydrogens is 296 g/mol. The van der Waals surface area contributed by atoms with Crippen molar-refractivity contribution in [3.05, 3.63) is 0 Å². The monoisotopic (exact) mass is 314 g/mol. The van der Waals surface area contributed by atoms with Crippen LogP contribution in [0.25, 0.3) is 0 Å². The van der Waals surface area contributed by atoms with Crippen LogP contribution in [0, 0.1) is 0 Å². The van der Waals surface area contributed by atoms with Crippen LogP contribution in [0.3, 0.4) is 0 Å². The average Bonchev–Trinajstić information content (AvgIpc) is 2.09. The van der Waals surface area contributed by atoms with Gasteiger partial charge in [0.1, 0.15) is 0 Å². The number of hydrogen-bond donors (Lipinski definition) is 1. The molecule has 0 bridgehead atoms. The molecule has 1 N–H and O–H groups in total. The summed E-state index contributed by atoms with van der Waals surface area (Å²) in [4.78, 5) is 0. The van der Waals surface area contributed by atoms with Crippen molar-refractivity contribution < 1.29 is 5.11 Å². The molecule has 0 saturated heterocycles. The molecule has 0 radical (unpaired) electrons. The fourth-order valence-electron chi connectivity index (χ4n) is 1.29. The Morgan fingerprint density at radius 1 is 0.769 bits per heavy atom. The van der Waals surface area contributed by atoms with Crippen LogP contribution in [0.2, 0.25) is 0 Å². The molecule has 0 fully saturated rings. The van der Waals surface area contributed by atoms with Gasteiger partial charge in [-0.1, -0.05) is 70.4 Å². The molecule has 0 saturated carbocycles. The predicted molar refractivity (Wildman–Crippen MR) is 65.7 cm³/mol. The second-order valence-corrected chi connectivity index (χ2v) is 6.82. The topological polar surface area (TPSA) is 20.2 Å². The lowest BCUT2D eigenvalue weighted by Crippen LogP contribution is -1.87. The van der Waals surface area contributed by atoms with Crippen molar-refractivity contribution in [3.8, 4) is 0 Å². The first-order chi connectivity index (χ1) is 6.27. The van der Waals surface area contributed by atoms with Gasteiger partial charge in [0, 0.05) is 6.61 Å². The minimum Gasteiger partial charge on any atom is -0.396 e. The van der Waals surface area contributed by atoms with Crippen LogP contribution in [-0.4, -0.2) is 15.4 Å². The maximum absolute atomic E-state index is 8.56. The third-order valence-electron chi connectivity index (χ3n) is 2.08. The second-order valence-electron chi connectivity index (χ2n) is 3.38. The molecule has 0 atom stereocenters. The van der Waals surface area contributed by atoms with E-state index in [0.29, 0.717) is 10.3 Å². The zero-order valence-electron chi connectivity index (χ0n) is 8.14. The summed E-state index contributed by atoms with van der Waals surface area (Å²) in [5, 5.41) is 8.56. The van der Waals surface area contributed by atoms with Crippen LogP contribution in [0.1, 0.15) is 51.4 Å². The fraction of sp³-hybridized carbons (Fsp3) is 1.00. The first kappa shape index (κ1) is 13.9. The molecule has 0 aliphatic heterocycles. The van der Waals surface area contributed by atoms with E-state index >= 15 is 0 Å². The highest BCUT2D eigenvalue weighted by Gasteiger charge is 1.96. The number of unbranched alkanes of at least 4 members (excludes halogenated alkanes) is 6. The number of rotatable bonds is 9. The molecule has 1 nitrogen and oxygen atoms in total. The highest BCUT2D eigenvalue weighted by molar-refractivity contribution is 9.24. The Kier molecular flexibility index (Phi) is 11.8. The van der Waals surface area contributed by atoms with Crippen LogP contribution in [0.4, 0.5) is 0 Å². The van der Waals surface area contributed by atoms with E-state index in [0.717, 1.165) is 6.42 Å². The van der Waals surface area contributed by atoms with Crippen molar-refractivity contribution in [2.45, 2.75) is 55.1 Å². The maximum atomic E-state index is 8.56. The minimum absolute atomic E-state index is 0.356. The molecule has 0 spiro atoms. The number of hydrogen-bond acceptors (Lipinski definition) is 1. The zero-order valence-corrected chi connectivity index (χ0v) is 11.3. The van der Waals surface area contributed by atoms with Crippen molar-refractivity contribution in [2.24, 2.45) is 0 Å². The van der Waals surface area contributed by atoms with Crippen LogP contribution in [0.5, 0.6) is 0 Å². The number of aliphatic hydroxyl groups excluding tert-OH is 1. The molecule has 0 rings (SSSR count). The first-order valence-electron chi connectivity index (χ1n) is 5.16. The van der Waals surface area contributed by atoms with Gasteiger partial charge in [-0.3, -0.25) is 0 Å². The molecule has 0 heterocycles. The van der Waals surface area contributed by atoms with Crippen molar-refractivity contribution in [2.75, 3.05) is 6.61 Å². The molecule has 3 heteroatoms. The molecule has 13 heavy (non-hydrogen) atoms. The Morgan fingerprint density at radius 2 is 1.23 bits per heavy atom. The van der Waals surface area contributed by atoms with Crippen LogP contribution >= 0.6 is 31.9 Å². The summed E-state index contributed by atoms with van der Waals surface area (Å²) in [5.41, 5.74) is 0. The summed E-state index contributed by atoms with van der Waals surface area (Å²) in [6, 6.07) is 0. The van der Waals surface area contributed by atoms with E-state index in [1.807, 2.05) is 0 Å². The van der Waals surface area contributed by atoms with Gasteiger partial charge in [-0.15, -0.1) is 0 Å². The van der Waals surface area contributed by atoms with Gasteiger partial charge in [-0.05, 0) is 12.8 Å². The van der Waals surface area contributed by atoms with Gasteiger partial charge in [0.05, 0.1) is 3.74 Å². The zero-order chi connectivity index (χ0) is 9.94. The van der Waals surface area contributed by atoms with Crippen molar-refractivity contribution >= 4 is 31.9 Å². The summed E-state index contributed by atoms with van der Waals surface area (Å²) in [5.74, 6) is 0. The number of alkyl halides is 2. The molecule has 80 valence electrons. The summed E-state index contributed by atoms with van der Waals surface area (Å²) >= 11 is 6.93. The Hall–Kier alpha value is 0.920. The van der Waals surface area contributed by atoms with Crippen LogP contribution < -0.4 is 0 Å². The highest BCUT2D eigenvalue weighted by atomic mass is 79.9. The van der Waals surface area contributed by atoms with E-state index in [-0.39, 0.29) is 0 Å². The predicted octanol–water partition coefficient (Wildman–Crippen LogP) is 4.22. The summed E-state index contributed by atoms with van der Waals surface area (Å²) in [6.45, 7) is 0.356. The quantitative estimate of drug-likeness (QED) is 0.499. The average molecular weight is 316 g/mol. The molecule has 0 aromatic carbocycles. The lowest BCUT2D eigenvalue weighted by atomic mass is 10.1. The summed E-state index contributed by atoms with van der Waals surface area (Å²) < 4.78 is 0.495. The Balaban J connectivity index is 2.84.